The average molecular weight is 367 g/mol. The van der Waals surface area contributed by atoms with E-state index in [1.165, 1.54) is 11.1 Å². The van der Waals surface area contributed by atoms with Crippen molar-refractivity contribution >= 4 is 6.03 Å². The van der Waals surface area contributed by atoms with Gasteiger partial charge in [-0.2, -0.15) is 0 Å². The number of nitrogens with one attached hydrogen (secondary N) is 2. The van der Waals surface area contributed by atoms with Crippen LogP contribution >= 0.6 is 0 Å². The van der Waals surface area contributed by atoms with Crippen LogP contribution in [-0.2, 0) is 0 Å². The fraction of sp³-hybridized carbons (Fsp3) is 0.409. The van der Waals surface area contributed by atoms with Gasteiger partial charge in [0, 0.05) is 0 Å². The zero-order valence-electron chi connectivity index (χ0n) is 17.1. The third-order valence-corrected chi connectivity index (χ3v) is 4.59. The lowest BCUT2D eigenvalue weighted by Crippen LogP contribution is -2.72. The first-order valence-electron chi connectivity index (χ1n) is 9.39. The molecule has 0 saturated carbocycles. The molecule has 0 radical (unpaired) electrons. The second-order valence-electron chi connectivity index (χ2n) is 8.97. The number of amides is 2. The number of carbonyl (C=O) groups is 1. The molecular formula is C22H30N4O. The number of nitrogens with zero attached hydrogens (tertiary/aromatic N) is 2. The summed E-state index contributed by atoms with van der Waals surface area (Å²) in [7, 11) is 0. The SMILES string of the molecule is CC(C)(C)N1NC(c2ccc(-c3ccccc3)cc2)NN(C(C)(C)C)C1=O. The minimum atomic E-state index is -0.342. The molecule has 0 unspecified atom stereocenters. The van der Waals surface area contributed by atoms with Crippen molar-refractivity contribution in [2.24, 2.45) is 0 Å². The van der Waals surface area contributed by atoms with E-state index in [1.54, 1.807) is 10.0 Å². The largest absolute Gasteiger partial charge is 0.349 e. The van der Waals surface area contributed by atoms with Crippen molar-refractivity contribution in [3.8, 4) is 11.1 Å². The molecule has 3 rings (SSSR count). The van der Waals surface area contributed by atoms with Crippen molar-refractivity contribution in [2.45, 2.75) is 58.8 Å². The van der Waals surface area contributed by atoms with Crippen molar-refractivity contribution in [1.82, 2.24) is 20.9 Å². The molecule has 1 saturated heterocycles. The van der Waals surface area contributed by atoms with Crippen LogP contribution in [0.4, 0.5) is 4.79 Å². The van der Waals surface area contributed by atoms with Gasteiger partial charge >= 0.3 is 6.03 Å². The molecule has 2 aromatic carbocycles. The lowest BCUT2D eigenvalue weighted by molar-refractivity contribution is -0.0414. The molecule has 5 heteroatoms. The molecule has 0 atom stereocenters. The van der Waals surface area contributed by atoms with E-state index in [1.807, 2.05) is 59.7 Å². The maximum Gasteiger partial charge on any atom is 0.349 e. The second-order valence-corrected chi connectivity index (χ2v) is 8.97. The molecule has 27 heavy (non-hydrogen) atoms. The van der Waals surface area contributed by atoms with Crippen LogP contribution < -0.4 is 10.9 Å². The van der Waals surface area contributed by atoms with E-state index >= 15 is 0 Å². The summed E-state index contributed by atoms with van der Waals surface area (Å²) >= 11 is 0. The number of hydrogen-bond donors (Lipinski definition) is 2. The summed E-state index contributed by atoms with van der Waals surface area (Å²) in [5, 5.41) is 3.43. The van der Waals surface area contributed by atoms with Crippen molar-refractivity contribution < 1.29 is 4.79 Å². The van der Waals surface area contributed by atoms with Crippen molar-refractivity contribution in [3.63, 3.8) is 0 Å². The monoisotopic (exact) mass is 366 g/mol. The summed E-state index contributed by atoms with van der Waals surface area (Å²) < 4.78 is 0. The maximum absolute atomic E-state index is 13.0. The molecule has 1 fully saturated rings. The first-order chi connectivity index (χ1) is 12.6. The van der Waals surface area contributed by atoms with Crippen LogP contribution in [0.15, 0.2) is 54.6 Å². The molecule has 0 aliphatic carbocycles. The van der Waals surface area contributed by atoms with E-state index in [-0.39, 0.29) is 23.3 Å². The van der Waals surface area contributed by atoms with E-state index in [0.717, 1.165) is 5.56 Å². The molecule has 1 aliphatic rings. The highest BCUT2D eigenvalue weighted by Crippen LogP contribution is 2.27. The van der Waals surface area contributed by atoms with Gasteiger partial charge in [-0.05, 0) is 58.2 Å². The van der Waals surface area contributed by atoms with Gasteiger partial charge in [-0.25, -0.2) is 15.6 Å². The summed E-state index contributed by atoms with van der Waals surface area (Å²) in [6, 6.07) is 18.7. The van der Waals surface area contributed by atoms with Crippen LogP contribution in [0, 0.1) is 0 Å². The first-order valence-corrected chi connectivity index (χ1v) is 9.39. The second kappa shape index (κ2) is 6.98. The Morgan fingerprint density at radius 2 is 1.15 bits per heavy atom. The van der Waals surface area contributed by atoms with Gasteiger partial charge < -0.3 is 0 Å². The molecule has 2 aromatic rings. The zero-order chi connectivity index (χ0) is 19.8. The lowest BCUT2D eigenvalue weighted by Gasteiger charge is -2.50. The first kappa shape index (κ1) is 19.4. The molecule has 2 amide bonds. The fourth-order valence-corrected chi connectivity index (χ4v) is 3.11. The van der Waals surface area contributed by atoms with Crippen LogP contribution in [-0.4, -0.2) is 27.1 Å². The van der Waals surface area contributed by atoms with Crippen LogP contribution in [0.5, 0.6) is 0 Å². The molecular weight excluding hydrogens is 336 g/mol. The Balaban J connectivity index is 1.89. The molecule has 2 N–H and O–H groups in total. The Morgan fingerprint density at radius 3 is 1.59 bits per heavy atom. The number of urea groups is 1. The minimum Gasteiger partial charge on any atom is -0.251 e. The lowest BCUT2D eigenvalue weighted by atomic mass is 10.0. The van der Waals surface area contributed by atoms with Gasteiger partial charge in [-0.1, -0.05) is 54.6 Å². The predicted molar refractivity (Wildman–Crippen MR) is 109 cm³/mol. The number of benzene rings is 2. The highest BCUT2D eigenvalue weighted by atomic mass is 16.2. The summed E-state index contributed by atoms with van der Waals surface area (Å²) in [5.41, 5.74) is 9.46. The van der Waals surface area contributed by atoms with Crippen molar-refractivity contribution in [1.29, 1.82) is 0 Å². The van der Waals surface area contributed by atoms with E-state index in [0.29, 0.717) is 0 Å². The molecule has 1 heterocycles. The maximum atomic E-state index is 13.0. The minimum absolute atomic E-state index is 0.0767. The molecule has 144 valence electrons. The normalized spacial score (nSPS) is 16.7. The van der Waals surface area contributed by atoms with Gasteiger partial charge in [0.15, 0.2) is 0 Å². The molecule has 1 aliphatic heterocycles. The van der Waals surface area contributed by atoms with Gasteiger partial charge in [-0.15, -0.1) is 0 Å². The summed E-state index contributed by atoms with van der Waals surface area (Å²) in [6.07, 6.45) is -0.189. The van der Waals surface area contributed by atoms with E-state index in [9.17, 15) is 4.79 Å². The Hall–Kier alpha value is -2.37. The van der Waals surface area contributed by atoms with Crippen LogP contribution in [0.3, 0.4) is 0 Å². The van der Waals surface area contributed by atoms with Gasteiger partial charge in [0.05, 0.1) is 11.1 Å². The fourth-order valence-electron chi connectivity index (χ4n) is 3.11. The zero-order valence-corrected chi connectivity index (χ0v) is 17.1. The topological polar surface area (TPSA) is 47.6 Å². The van der Waals surface area contributed by atoms with Gasteiger partial charge in [-0.3, -0.25) is 10.0 Å². The highest BCUT2D eigenvalue weighted by molar-refractivity contribution is 5.76. The third-order valence-electron chi connectivity index (χ3n) is 4.59. The smallest absolute Gasteiger partial charge is 0.251 e. The Labute approximate surface area is 162 Å². The average Bonchev–Trinajstić information content (AvgIpc) is 2.61. The van der Waals surface area contributed by atoms with Crippen molar-refractivity contribution in [3.05, 3.63) is 60.2 Å². The van der Waals surface area contributed by atoms with E-state index in [4.69, 9.17) is 0 Å². The summed E-state index contributed by atoms with van der Waals surface area (Å²) in [6.45, 7) is 12.2. The van der Waals surface area contributed by atoms with Gasteiger partial charge in [0.2, 0.25) is 0 Å². The Bertz CT molecular complexity index is 762. The van der Waals surface area contributed by atoms with Gasteiger partial charge in [0.1, 0.15) is 6.17 Å². The Morgan fingerprint density at radius 1 is 0.704 bits per heavy atom. The summed E-state index contributed by atoms with van der Waals surface area (Å²) in [5.74, 6) is 0. The van der Waals surface area contributed by atoms with E-state index < -0.39 is 0 Å². The number of hydrogen-bond acceptors (Lipinski definition) is 3. The van der Waals surface area contributed by atoms with Crippen LogP contribution in [0.2, 0.25) is 0 Å². The third kappa shape index (κ3) is 4.15. The van der Waals surface area contributed by atoms with Crippen molar-refractivity contribution in [2.75, 3.05) is 0 Å². The van der Waals surface area contributed by atoms with E-state index in [2.05, 4.69) is 47.2 Å². The predicted octanol–water partition coefficient (Wildman–Crippen LogP) is 4.70. The molecule has 0 bridgehead atoms. The van der Waals surface area contributed by atoms with Crippen LogP contribution in [0.1, 0.15) is 53.3 Å². The number of rotatable bonds is 2. The molecule has 0 spiro atoms. The standard InChI is InChI=1S/C22H30N4O/c1-21(2,3)25-20(27)26(22(4,5)6)24-19(23-25)18-14-12-17(13-15-18)16-10-8-7-9-11-16/h7-15,19,23-24H,1-6H3. The summed E-state index contributed by atoms with van der Waals surface area (Å²) in [4.78, 5) is 13.0. The quantitative estimate of drug-likeness (QED) is 0.810. The number of hydrazine groups is 2. The number of carbonyl (C=O) groups excluding carboxylic acids is 1. The van der Waals surface area contributed by atoms with Gasteiger partial charge in [0.25, 0.3) is 0 Å². The Kier molecular flexibility index (Phi) is 5.02. The van der Waals surface area contributed by atoms with Crippen LogP contribution in [0.25, 0.3) is 11.1 Å². The molecule has 0 aromatic heterocycles. The highest BCUT2D eigenvalue weighted by Gasteiger charge is 2.41. The molecule has 5 nitrogen and oxygen atoms in total.